The van der Waals surface area contributed by atoms with Crippen molar-refractivity contribution in [3.8, 4) is 0 Å². The molecule has 0 aliphatic rings. The van der Waals surface area contributed by atoms with Gasteiger partial charge >= 0.3 is 0 Å². The van der Waals surface area contributed by atoms with Crippen LogP contribution in [0.1, 0.15) is 13.8 Å². The molecule has 0 saturated heterocycles. The SMILES string of the molecule is CC[Si](CC)(CO[N+](=O)[O-])CO[N+](=O)[O-]. The van der Waals surface area contributed by atoms with Gasteiger partial charge in [-0.05, 0) is 0 Å². The number of hydrogen-bond donors (Lipinski definition) is 0. The minimum Gasteiger partial charge on any atom is -0.317 e. The van der Waals surface area contributed by atoms with E-state index in [1.165, 1.54) is 0 Å². The minimum absolute atomic E-state index is 0.0547. The third-order valence-electron chi connectivity index (χ3n) is 2.45. The van der Waals surface area contributed by atoms with Crippen LogP contribution in [0.5, 0.6) is 0 Å². The molecule has 0 heterocycles. The molecule has 0 saturated carbocycles. The Balaban J connectivity index is 4.29. The molecular weight excluding hydrogens is 224 g/mol. The summed E-state index contributed by atoms with van der Waals surface area (Å²) in [6.07, 6.45) is -0.109. The molecule has 0 unspecified atom stereocenters. The van der Waals surface area contributed by atoms with Crippen LogP contribution in [-0.2, 0) is 9.68 Å². The van der Waals surface area contributed by atoms with E-state index in [0.29, 0.717) is 12.1 Å². The van der Waals surface area contributed by atoms with Gasteiger partial charge in [0.25, 0.3) is 10.2 Å². The van der Waals surface area contributed by atoms with Gasteiger partial charge in [-0.2, -0.15) is 0 Å². The second kappa shape index (κ2) is 6.17. The minimum atomic E-state index is -2.20. The molecule has 9 heteroatoms. The van der Waals surface area contributed by atoms with Crippen molar-refractivity contribution in [3.63, 3.8) is 0 Å². The molecule has 15 heavy (non-hydrogen) atoms. The van der Waals surface area contributed by atoms with Gasteiger partial charge in [0.15, 0.2) is 0 Å². The first kappa shape index (κ1) is 13.6. The van der Waals surface area contributed by atoms with Gasteiger partial charge in [0.2, 0.25) is 0 Å². The molecule has 8 nitrogen and oxygen atoms in total. The van der Waals surface area contributed by atoms with Crippen LogP contribution in [0.15, 0.2) is 0 Å². The van der Waals surface area contributed by atoms with Crippen LogP contribution in [0, 0.1) is 20.2 Å². The van der Waals surface area contributed by atoms with Crippen LogP contribution in [-0.4, -0.2) is 30.7 Å². The van der Waals surface area contributed by atoms with Gasteiger partial charge in [0.1, 0.15) is 8.07 Å². The van der Waals surface area contributed by atoms with Gasteiger partial charge in [-0.15, -0.1) is 20.2 Å². The van der Waals surface area contributed by atoms with Crippen LogP contribution >= 0.6 is 0 Å². The maximum Gasteiger partial charge on any atom is 0.294 e. The maximum absolute atomic E-state index is 10.0. The summed E-state index contributed by atoms with van der Waals surface area (Å²) in [6, 6.07) is 1.29. The van der Waals surface area contributed by atoms with Crippen molar-refractivity contribution >= 4 is 8.07 Å². The van der Waals surface area contributed by atoms with Crippen molar-refractivity contribution in [1.82, 2.24) is 0 Å². The van der Waals surface area contributed by atoms with Crippen molar-refractivity contribution in [2.45, 2.75) is 25.9 Å². The molecule has 0 aromatic rings. The molecule has 0 N–H and O–H groups in total. The summed E-state index contributed by atoms with van der Waals surface area (Å²) < 4.78 is 0. The van der Waals surface area contributed by atoms with Crippen molar-refractivity contribution < 1.29 is 19.8 Å². The van der Waals surface area contributed by atoms with E-state index in [1.807, 2.05) is 13.8 Å². The zero-order valence-electron chi connectivity index (χ0n) is 8.67. The summed E-state index contributed by atoms with van der Waals surface area (Å²) in [7, 11) is -2.20. The summed E-state index contributed by atoms with van der Waals surface area (Å²) in [4.78, 5) is 28.7. The predicted octanol–water partition coefficient (Wildman–Crippen LogP) is 0.970. The lowest BCUT2D eigenvalue weighted by Gasteiger charge is -2.26. The van der Waals surface area contributed by atoms with E-state index < -0.39 is 18.2 Å². The van der Waals surface area contributed by atoms with E-state index in [9.17, 15) is 20.2 Å². The Morgan fingerprint density at radius 2 is 1.33 bits per heavy atom. The Hall–Kier alpha value is -1.38. The molecule has 0 radical (unpaired) electrons. The monoisotopic (exact) mass is 238 g/mol. The summed E-state index contributed by atoms with van der Waals surface area (Å²) in [5, 5.41) is 18.3. The van der Waals surface area contributed by atoms with E-state index in [1.54, 1.807) is 0 Å². The second-order valence-corrected chi connectivity index (χ2v) is 8.19. The maximum atomic E-state index is 10.0. The van der Waals surface area contributed by atoms with Gasteiger partial charge in [-0.25, -0.2) is 0 Å². The van der Waals surface area contributed by atoms with Gasteiger partial charge in [-0.1, -0.05) is 25.9 Å². The van der Waals surface area contributed by atoms with E-state index in [-0.39, 0.29) is 12.5 Å². The molecule has 0 amide bonds. The molecule has 0 atom stereocenters. The Morgan fingerprint density at radius 3 is 1.53 bits per heavy atom. The molecule has 0 spiro atoms. The predicted molar refractivity (Wildman–Crippen MR) is 52.6 cm³/mol. The van der Waals surface area contributed by atoms with Crippen molar-refractivity contribution in [2.75, 3.05) is 12.5 Å². The van der Waals surface area contributed by atoms with Crippen molar-refractivity contribution in [1.29, 1.82) is 0 Å². The summed E-state index contributed by atoms with van der Waals surface area (Å²) in [5.41, 5.74) is 0. The highest BCUT2D eigenvalue weighted by molar-refractivity contribution is 6.79. The fourth-order valence-corrected chi connectivity index (χ4v) is 3.24. The summed E-state index contributed by atoms with van der Waals surface area (Å²) in [5.74, 6) is 0. The molecule has 0 rings (SSSR count). The fourth-order valence-electron chi connectivity index (χ4n) is 1.08. The molecule has 0 aliphatic carbocycles. The Morgan fingerprint density at radius 1 is 1.00 bits per heavy atom. The smallest absolute Gasteiger partial charge is 0.294 e. The molecule has 0 aromatic carbocycles. The van der Waals surface area contributed by atoms with Crippen LogP contribution in [0.4, 0.5) is 0 Å². The van der Waals surface area contributed by atoms with Crippen LogP contribution < -0.4 is 0 Å². The standard InChI is InChI=1S/C6H14N2O6Si/c1-3-15(4-2,5-13-7(9)10)6-14-8(11)12/h3-6H2,1-2H3. The number of rotatable bonds is 8. The van der Waals surface area contributed by atoms with Crippen molar-refractivity contribution in [2.24, 2.45) is 0 Å². The lowest BCUT2D eigenvalue weighted by molar-refractivity contribution is -0.757. The van der Waals surface area contributed by atoms with Gasteiger partial charge < -0.3 is 9.68 Å². The normalized spacial score (nSPS) is 10.8. The zero-order chi connectivity index (χ0) is 11.9. The third-order valence-corrected chi connectivity index (χ3v) is 6.94. The Labute approximate surface area is 87.4 Å². The zero-order valence-corrected chi connectivity index (χ0v) is 9.67. The first-order chi connectivity index (χ1) is 6.95. The molecule has 0 bridgehead atoms. The van der Waals surface area contributed by atoms with Gasteiger partial charge in [0.05, 0.1) is 12.5 Å². The van der Waals surface area contributed by atoms with E-state index in [4.69, 9.17) is 0 Å². The van der Waals surface area contributed by atoms with E-state index in [2.05, 4.69) is 9.68 Å². The average molecular weight is 238 g/mol. The van der Waals surface area contributed by atoms with Crippen LogP contribution in [0.25, 0.3) is 0 Å². The fraction of sp³-hybridized carbons (Fsp3) is 1.00. The lowest BCUT2D eigenvalue weighted by atomic mass is 10.9. The molecular formula is C6H14N2O6Si. The largest absolute Gasteiger partial charge is 0.317 e. The van der Waals surface area contributed by atoms with Gasteiger partial charge in [-0.3, -0.25) is 0 Å². The topological polar surface area (TPSA) is 105 Å². The van der Waals surface area contributed by atoms with E-state index in [0.717, 1.165) is 0 Å². The number of hydrogen-bond acceptors (Lipinski definition) is 6. The summed E-state index contributed by atoms with van der Waals surface area (Å²) >= 11 is 0. The van der Waals surface area contributed by atoms with Crippen LogP contribution in [0.2, 0.25) is 12.1 Å². The highest BCUT2D eigenvalue weighted by Gasteiger charge is 2.32. The molecule has 88 valence electrons. The molecule has 0 aliphatic heterocycles. The Bertz CT molecular complexity index is 212. The van der Waals surface area contributed by atoms with Crippen LogP contribution in [0.3, 0.4) is 0 Å². The highest BCUT2D eigenvalue weighted by atomic mass is 28.3. The lowest BCUT2D eigenvalue weighted by Crippen LogP contribution is -2.45. The molecule has 0 aromatic heterocycles. The first-order valence-electron chi connectivity index (χ1n) is 4.50. The summed E-state index contributed by atoms with van der Waals surface area (Å²) in [6.45, 7) is 3.67. The Kier molecular flexibility index (Phi) is 5.60. The van der Waals surface area contributed by atoms with Crippen molar-refractivity contribution in [3.05, 3.63) is 20.2 Å². The average Bonchev–Trinajstić information content (AvgIpc) is 2.19. The highest BCUT2D eigenvalue weighted by Crippen LogP contribution is 2.16. The second-order valence-electron chi connectivity index (χ2n) is 3.20. The quantitative estimate of drug-likeness (QED) is 0.354. The molecule has 0 fully saturated rings. The van der Waals surface area contributed by atoms with E-state index >= 15 is 0 Å². The first-order valence-corrected chi connectivity index (χ1v) is 7.33. The van der Waals surface area contributed by atoms with Gasteiger partial charge in [0, 0.05) is 0 Å². The number of nitrogens with zero attached hydrogens (tertiary/aromatic N) is 2. The third kappa shape index (κ3) is 5.15.